The zero-order valence-electron chi connectivity index (χ0n) is 13.3. The van der Waals surface area contributed by atoms with E-state index in [1.165, 1.54) is 18.2 Å². The van der Waals surface area contributed by atoms with E-state index in [4.69, 9.17) is 11.6 Å². The second kappa shape index (κ2) is 7.75. The van der Waals surface area contributed by atoms with Gasteiger partial charge in [-0.15, -0.1) is 0 Å². The van der Waals surface area contributed by atoms with E-state index in [0.717, 1.165) is 11.9 Å². The Morgan fingerprint density at radius 3 is 2.50 bits per heavy atom. The fraction of sp³-hybridized carbons (Fsp3) is 0.0588. The summed E-state index contributed by atoms with van der Waals surface area (Å²) >= 11 is 6.09. The molecule has 1 heterocycles. The molecule has 132 valence electrons. The van der Waals surface area contributed by atoms with Crippen molar-refractivity contribution in [2.45, 2.75) is 6.54 Å². The Morgan fingerprint density at radius 1 is 1.08 bits per heavy atom. The molecule has 7 nitrogen and oxygen atoms in total. The van der Waals surface area contributed by atoms with E-state index in [2.05, 4.69) is 20.6 Å². The lowest BCUT2D eigenvalue weighted by Gasteiger charge is -2.11. The molecule has 0 unspecified atom stereocenters. The van der Waals surface area contributed by atoms with Gasteiger partial charge in [0.05, 0.1) is 10.6 Å². The Kier molecular flexibility index (Phi) is 5.23. The third-order valence-corrected chi connectivity index (χ3v) is 3.90. The predicted molar refractivity (Wildman–Crippen MR) is 97.1 cm³/mol. The lowest BCUT2D eigenvalue weighted by atomic mass is 10.2. The van der Waals surface area contributed by atoms with Gasteiger partial charge in [-0.05, 0) is 23.8 Å². The monoisotopic (exact) mass is 373 g/mol. The number of hydrogen-bond donors (Lipinski definition) is 2. The van der Waals surface area contributed by atoms with Gasteiger partial charge in [-0.3, -0.25) is 10.1 Å². The van der Waals surface area contributed by atoms with E-state index in [9.17, 15) is 14.5 Å². The summed E-state index contributed by atoms with van der Waals surface area (Å²) in [6, 6.07) is 12.9. The third kappa shape index (κ3) is 3.86. The molecule has 3 aromatic rings. The van der Waals surface area contributed by atoms with Crippen molar-refractivity contribution in [3.63, 3.8) is 0 Å². The summed E-state index contributed by atoms with van der Waals surface area (Å²) in [6.07, 6.45) is 1.16. The van der Waals surface area contributed by atoms with Gasteiger partial charge in [0, 0.05) is 11.6 Å². The Bertz CT molecular complexity index is 954. The summed E-state index contributed by atoms with van der Waals surface area (Å²) in [4.78, 5) is 18.7. The van der Waals surface area contributed by atoms with E-state index >= 15 is 0 Å². The summed E-state index contributed by atoms with van der Waals surface area (Å²) in [6.45, 7) is 0.233. The second-order valence-electron chi connectivity index (χ2n) is 5.23. The van der Waals surface area contributed by atoms with Crippen LogP contribution in [0.25, 0.3) is 0 Å². The van der Waals surface area contributed by atoms with Crippen LogP contribution in [-0.4, -0.2) is 14.9 Å². The largest absolute Gasteiger partial charge is 0.360 e. The number of nitrogens with one attached hydrogen (secondary N) is 2. The summed E-state index contributed by atoms with van der Waals surface area (Å²) in [5, 5.41) is 17.6. The van der Waals surface area contributed by atoms with Gasteiger partial charge in [-0.2, -0.15) is 0 Å². The number of para-hydroxylation sites is 1. The maximum atomic E-state index is 13.8. The van der Waals surface area contributed by atoms with Crippen molar-refractivity contribution in [3.05, 3.63) is 81.4 Å². The molecule has 0 amide bonds. The van der Waals surface area contributed by atoms with Crippen LogP contribution >= 0.6 is 11.6 Å². The number of hydrogen-bond acceptors (Lipinski definition) is 6. The average molecular weight is 374 g/mol. The molecule has 9 heteroatoms. The Hall–Kier alpha value is -3.26. The highest BCUT2D eigenvalue weighted by Gasteiger charge is 2.23. The van der Waals surface area contributed by atoms with Gasteiger partial charge >= 0.3 is 5.69 Å². The van der Waals surface area contributed by atoms with Crippen LogP contribution in [0.4, 0.5) is 27.4 Å². The van der Waals surface area contributed by atoms with Crippen molar-refractivity contribution in [2.75, 3.05) is 10.6 Å². The number of rotatable bonds is 6. The molecule has 0 bridgehead atoms. The van der Waals surface area contributed by atoms with Crippen LogP contribution in [0.1, 0.15) is 5.56 Å². The van der Waals surface area contributed by atoms with Crippen molar-refractivity contribution in [2.24, 2.45) is 0 Å². The van der Waals surface area contributed by atoms with Crippen molar-refractivity contribution in [1.82, 2.24) is 9.97 Å². The van der Waals surface area contributed by atoms with Gasteiger partial charge in [0.25, 0.3) is 0 Å². The molecular weight excluding hydrogens is 361 g/mol. The van der Waals surface area contributed by atoms with Gasteiger partial charge in [-0.25, -0.2) is 14.4 Å². The molecule has 0 aliphatic carbocycles. The number of halogens is 2. The SMILES string of the molecule is O=[N+]([O-])c1c(NCc2ccccc2Cl)ncnc1Nc1ccccc1F. The Balaban J connectivity index is 1.90. The first-order valence-electron chi connectivity index (χ1n) is 7.54. The van der Waals surface area contributed by atoms with E-state index in [1.807, 2.05) is 6.07 Å². The average Bonchev–Trinajstić information content (AvgIpc) is 2.63. The molecule has 1 aromatic heterocycles. The lowest BCUT2D eigenvalue weighted by molar-refractivity contribution is -0.383. The van der Waals surface area contributed by atoms with Gasteiger partial charge in [-0.1, -0.05) is 41.9 Å². The number of benzene rings is 2. The number of anilines is 3. The summed E-state index contributed by atoms with van der Waals surface area (Å²) in [5.74, 6) is -0.661. The standard InChI is InChI=1S/C17H13ClFN5O2/c18-12-6-2-1-5-11(12)9-20-16-15(24(25)26)17(22-10-21-16)23-14-8-4-3-7-13(14)19/h1-8,10H,9H2,(H2,20,21,22,23). The van der Waals surface area contributed by atoms with Crippen LogP contribution < -0.4 is 10.6 Å². The minimum atomic E-state index is -0.627. The van der Waals surface area contributed by atoms with Crippen LogP contribution in [-0.2, 0) is 6.54 Å². The second-order valence-corrected chi connectivity index (χ2v) is 5.63. The van der Waals surface area contributed by atoms with Crippen molar-refractivity contribution >= 4 is 34.6 Å². The summed E-state index contributed by atoms with van der Waals surface area (Å²) in [7, 11) is 0. The van der Waals surface area contributed by atoms with Crippen molar-refractivity contribution in [3.8, 4) is 0 Å². The number of aromatic nitrogens is 2. The number of nitro groups is 1. The highest BCUT2D eigenvalue weighted by atomic mass is 35.5. The molecule has 2 aromatic carbocycles. The smallest absolute Gasteiger partial charge is 0.353 e. The van der Waals surface area contributed by atoms with E-state index in [-0.39, 0.29) is 29.6 Å². The Labute approximate surface area is 153 Å². The highest BCUT2D eigenvalue weighted by Crippen LogP contribution is 2.32. The molecule has 0 saturated carbocycles. The molecule has 0 saturated heterocycles. The van der Waals surface area contributed by atoms with Crippen LogP contribution in [0.5, 0.6) is 0 Å². The lowest BCUT2D eigenvalue weighted by Crippen LogP contribution is -2.08. The molecule has 26 heavy (non-hydrogen) atoms. The maximum Gasteiger partial charge on any atom is 0.353 e. The van der Waals surface area contributed by atoms with Crippen molar-refractivity contribution in [1.29, 1.82) is 0 Å². The number of nitrogens with zero attached hydrogens (tertiary/aromatic N) is 3. The van der Waals surface area contributed by atoms with Crippen LogP contribution in [0.2, 0.25) is 5.02 Å². The molecule has 0 atom stereocenters. The van der Waals surface area contributed by atoms with Gasteiger partial charge in [0.2, 0.25) is 11.6 Å². The molecule has 0 radical (unpaired) electrons. The summed E-state index contributed by atoms with van der Waals surface area (Å²) in [5.41, 5.74) is 0.444. The fourth-order valence-corrected chi connectivity index (χ4v) is 2.49. The molecule has 2 N–H and O–H groups in total. The van der Waals surface area contributed by atoms with Gasteiger partial charge < -0.3 is 10.6 Å². The minimum Gasteiger partial charge on any atom is -0.360 e. The summed E-state index contributed by atoms with van der Waals surface area (Å²) < 4.78 is 13.8. The fourth-order valence-electron chi connectivity index (χ4n) is 2.28. The molecule has 0 spiro atoms. The minimum absolute atomic E-state index is 0.00348. The molecule has 0 aliphatic rings. The normalized spacial score (nSPS) is 10.4. The molecule has 3 rings (SSSR count). The van der Waals surface area contributed by atoms with Crippen molar-refractivity contribution < 1.29 is 9.31 Å². The maximum absolute atomic E-state index is 13.8. The van der Waals surface area contributed by atoms with Crippen LogP contribution in [0, 0.1) is 15.9 Å². The van der Waals surface area contributed by atoms with Gasteiger partial charge in [0.15, 0.2) is 0 Å². The van der Waals surface area contributed by atoms with E-state index < -0.39 is 10.7 Å². The van der Waals surface area contributed by atoms with Gasteiger partial charge in [0.1, 0.15) is 12.1 Å². The highest BCUT2D eigenvalue weighted by molar-refractivity contribution is 6.31. The quantitative estimate of drug-likeness (QED) is 0.487. The first kappa shape index (κ1) is 17.6. The van der Waals surface area contributed by atoms with E-state index in [1.54, 1.807) is 24.3 Å². The van der Waals surface area contributed by atoms with E-state index in [0.29, 0.717) is 5.02 Å². The topological polar surface area (TPSA) is 93.0 Å². The zero-order chi connectivity index (χ0) is 18.5. The van der Waals surface area contributed by atoms with Crippen LogP contribution in [0.3, 0.4) is 0 Å². The zero-order valence-corrected chi connectivity index (χ0v) is 14.1. The molecule has 0 fully saturated rings. The predicted octanol–water partition coefficient (Wildman–Crippen LogP) is 4.53. The Morgan fingerprint density at radius 2 is 1.77 bits per heavy atom. The first-order chi connectivity index (χ1) is 12.6. The van der Waals surface area contributed by atoms with Crippen LogP contribution in [0.15, 0.2) is 54.9 Å². The third-order valence-electron chi connectivity index (χ3n) is 3.54. The molecular formula is C17H13ClFN5O2. The molecule has 0 aliphatic heterocycles. The first-order valence-corrected chi connectivity index (χ1v) is 7.92.